The number of Topliss-reactive ketones (excluding diaryl/α,β-unsaturated/α-hetero) is 1. The van der Waals surface area contributed by atoms with Gasteiger partial charge in [-0.15, -0.1) is 11.8 Å². The molecular weight excluding hydrogens is 485 g/mol. The molecule has 0 bridgehead atoms. The molecular formula is C27H22FNO6S. The molecule has 3 aromatic rings. The Kier molecular flexibility index (Phi) is 6.75. The Morgan fingerprint density at radius 2 is 1.75 bits per heavy atom. The summed E-state index contributed by atoms with van der Waals surface area (Å²) in [6.07, 6.45) is 0. The van der Waals surface area contributed by atoms with Crippen molar-refractivity contribution in [2.45, 2.75) is 24.5 Å². The van der Waals surface area contributed by atoms with E-state index >= 15 is 0 Å². The molecule has 2 heterocycles. The second kappa shape index (κ2) is 10.1. The highest BCUT2D eigenvalue weighted by Gasteiger charge is 2.49. The predicted octanol–water partition coefficient (Wildman–Crippen LogP) is 4.39. The minimum absolute atomic E-state index is 0.0705. The van der Waals surface area contributed by atoms with Crippen LogP contribution in [0.15, 0.2) is 66.7 Å². The number of halogens is 1. The van der Waals surface area contributed by atoms with Gasteiger partial charge in [-0.25, -0.2) is 9.18 Å². The number of ketones is 1. The normalized spacial score (nSPS) is 18.5. The molecule has 2 atom stereocenters. The Bertz CT molecular complexity index is 1310. The first-order valence-electron chi connectivity index (χ1n) is 11.3. The minimum atomic E-state index is -1.08. The average Bonchev–Trinajstić information content (AvgIpc) is 3.35. The number of carbonyl (C=O) groups is 3. The van der Waals surface area contributed by atoms with Crippen molar-refractivity contribution in [3.63, 3.8) is 0 Å². The van der Waals surface area contributed by atoms with E-state index in [1.807, 2.05) is 12.1 Å². The van der Waals surface area contributed by atoms with E-state index in [0.29, 0.717) is 30.2 Å². The molecule has 1 N–H and O–H groups in total. The predicted molar refractivity (Wildman–Crippen MR) is 132 cm³/mol. The van der Waals surface area contributed by atoms with Crippen LogP contribution in [0.3, 0.4) is 0 Å². The molecule has 1 fully saturated rings. The number of anilines is 1. The Balaban J connectivity index is 1.34. The van der Waals surface area contributed by atoms with Crippen LogP contribution in [0.1, 0.15) is 33.1 Å². The Morgan fingerprint density at radius 1 is 1.03 bits per heavy atom. The third-order valence-electron chi connectivity index (χ3n) is 6.17. The second-order valence-corrected chi connectivity index (χ2v) is 9.64. The molecule has 0 spiro atoms. The molecule has 2 unspecified atom stereocenters. The zero-order valence-corrected chi connectivity index (χ0v) is 19.9. The summed E-state index contributed by atoms with van der Waals surface area (Å²) in [5.41, 5.74) is 4.03. The highest BCUT2D eigenvalue weighted by atomic mass is 32.2. The van der Waals surface area contributed by atoms with Gasteiger partial charge < -0.3 is 19.5 Å². The van der Waals surface area contributed by atoms with E-state index in [4.69, 9.17) is 14.6 Å². The minimum Gasteiger partial charge on any atom is -0.482 e. The van der Waals surface area contributed by atoms with Crippen LogP contribution in [0, 0.1) is 5.82 Å². The van der Waals surface area contributed by atoms with E-state index in [0.717, 1.165) is 16.7 Å². The zero-order chi connectivity index (χ0) is 25.2. The van der Waals surface area contributed by atoms with Gasteiger partial charge in [0.05, 0.1) is 25.0 Å². The van der Waals surface area contributed by atoms with Crippen LogP contribution in [0.25, 0.3) is 0 Å². The third-order valence-corrected chi connectivity index (χ3v) is 7.42. The first kappa shape index (κ1) is 24.0. The van der Waals surface area contributed by atoms with E-state index in [1.54, 1.807) is 47.4 Å². The number of rotatable bonds is 9. The van der Waals surface area contributed by atoms with Crippen molar-refractivity contribution in [3.8, 4) is 5.75 Å². The summed E-state index contributed by atoms with van der Waals surface area (Å²) in [6.45, 7) is 0.583. The number of carboxylic acid groups (broad SMARTS) is 1. The number of fused-ring (bicyclic) bond motifs is 1. The van der Waals surface area contributed by atoms with Crippen molar-refractivity contribution in [1.29, 1.82) is 0 Å². The lowest BCUT2D eigenvalue weighted by Crippen LogP contribution is -2.57. The number of hydrogen-bond donors (Lipinski definition) is 1. The van der Waals surface area contributed by atoms with Crippen molar-refractivity contribution in [1.82, 2.24) is 0 Å². The fraction of sp³-hybridized carbons (Fsp3) is 0.222. The van der Waals surface area contributed by atoms with Gasteiger partial charge in [-0.3, -0.25) is 9.59 Å². The van der Waals surface area contributed by atoms with Gasteiger partial charge in [-0.1, -0.05) is 24.3 Å². The molecule has 3 aromatic carbocycles. The van der Waals surface area contributed by atoms with Crippen LogP contribution in [0.2, 0.25) is 0 Å². The maximum atomic E-state index is 13.5. The number of amides is 1. The Morgan fingerprint density at radius 3 is 2.47 bits per heavy atom. The van der Waals surface area contributed by atoms with Crippen molar-refractivity contribution in [2.24, 2.45) is 0 Å². The first-order chi connectivity index (χ1) is 17.4. The van der Waals surface area contributed by atoms with Crippen LogP contribution < -0.4 is 9.64 Å². The second-order valence-electron chi connectivity index (χ2n) is 8.51. The molecule has 2 aliphatic rings. The van der Waals surface area contributed by atoms with Gasteiger partial charge in [0.1, 0.15) is 16.8 Å². The molecule has 36 heavy (non-hydrogen) atoms. The van der Waals surface area contributed by atoms with Crippen molar-refractivity contribution in [2.75, 3.05) is 17.3 Å². The van der Waals surface area contributed by atoms with Gasteiger partial charge in [0.2, 0.25) is 5.91 Å². The fourth-order valence-corrected chi connectivity index (χ4v) is 5.55. The van der Waals surface area contributed by atoms with Crippen LogP contribution in [0.5, 0.6) is 5.75 Å². The number of carbonyl (C=O) groups excluding carboxylic acids is 2. The lowest BCUT2D eigenvalue weighted by Gasteiger charge is -2.47. The quantitative estimate of drug-likeness (QED) is 0.339. The molecule has 1 saturated heterocycles. The number of benzene rings is 3. The zero-order valence-electron chi connectivity index (χ0n) is 19.1. The number of nitrogens with zero attached hydrogens (tertiary/aromatic N) is 1. The largest absolute Gasteiger partial charge is 0.482 e. The van der Waals surface area contributed by atoms with Crippen molar-refractivity contribution < 1.29 is 33.4 Å². The summed E-state index contributed by atoms with van der Waals surface area (Å²) >= 11 is 1.28. The standard InChI is InChI=1S/C27H22FNO6S/c28-20-5-7-21(8-6-20)29-25(16-3-9-22(10-4-16)35-14-24(31)32)26(27(29)33)36-15-23(30)17-1-2-18-12-34-13-19(18)11-17/h1-11,25-26H,12-15H2,(H,31,32). The van der Waals surface area contributed by atoms with Crippen molar-refractivity contribution >= 4 is 35.1 Å². The average molecular weight is 508 g/mol. The number of hydrogen-bond acceptors (Lipinski definition) is 6. The van der Waals surface area contributed by atoms with E-state index in [2.05, 4.69) is 0 Å². The monoisotopic (exact) mass is 507 g/mol. The van der Waals surface area contributed by atoms with Gasteiger partial charge >= 0.3 is 5.97 Å². The molecule has 7 nitrogen and oxygen atoms in total. The Hall–Kier alpha value is -3.69. The van der Waals surface area contributed by atoms with Gasteiger partial charge in [0, 0.05) is 11.3 Å². The van der Waals surface area contributed by atoms with Crippen LogP contribution >= 0.6 is 11.8 Å². The molecule has 184 valence electrons. The SMILES string of the molecule is O=C(O)COc1ccc(C2C(SCC(=O)c3ccc4c(c3)COC4)C(=O)N2c2ccc(F)cc2)cc1. The van der Waals surface area contributed by atoms with E-state index < -0.39 is 23.6 Å². The summed E-state index contributed by atoms with van der Waals surface area (Å²) < 4.78 is 24.1. The number of carboxylic acids is 1. The summed E-state index contributed by atoms with van der Waals surface area (Å²) in [5.74, 6) is -1.21. The maximum Gasteiger partial charge on any atom is 0.341 e. The van der Waals surface area contributed by atoms with Crippen molar-refractivity contribution in [3.05, 3.63) is 94.8 Å². The van der Waals surface area contributed by atoms with E-state index in [-0.39, 0.29) is 23.5 Å². The van der Waals surface area contributed by atoms with Gasteiger partial charge in [-0.2, -0.15) is 0 Å². The van der Waals surface area contributed by atoms with E-state index in [9.17, 15) is 18.8 Å². The summed E-state index contributed by atoms with van der Waals surface area (Å²) in [5, 5.41) is 8.30. The lowest BCUT2D eigenvalue weighted by atomic mass is 9.92. The number of thioether (sulfide) groups is 1. The smallest absolute Gasteiger partial charge is 0.341 e. The van der Waals surface area contributed by atoms with Crippen LogP contribution in [0.4, 0.5) is 10.1 Å². The molecule has 5 rings (SSSR count). The van der Waals surface area contributed by atoms with E-state index in [1.165, 1.54) is 23.9 Å². The molecule has 9 heteroatoms. The third kappa shape index (κ3) is 4.84. The van der Waals surface area contributed by atoms with Gasteiger partial charge in [0.15, 0.2) is 12.4 Å². The first-order valence-corrected chi connectivity index (χ1v) is 12.3. The van der Waals surface area contributed by atoms with Crippen LogP contribution in [-0.2, 0) is 27.5 Å². The van der Waals surface area contributed by atoms with Gasteiger partial charge in [0.25, 0.3) is 0 Å². The Labute approximate surface area is 210 Å². The topological polar surface area (TPSA) is 93.1 Å². The fourth-order valence-electron chi connectivity index (χ4n) is 4.34. The summed E-state index contributed by atoms with van der Waals surface area (Å²) in [7, 11) is 0. The number of ether oxygens (including phenoxy) is 2. The highest BCUT2D eigenvalue weighted by molar-refractivity contribution is 8.01. The lowest BCUT2D eigenvalue weighted by molar-refractivity contribution is -0.139. The van der Waals surface area contributed by atoms with Crippen LogP contribution in [-0.4, -0.2) is 40.4 Å². The summed E-state index contributed by atoms with van der Waals surface area (Å²) in [6, 6.07) is 17.7. The maximum absolute atomic E-state index is 13.5. The summed E-state index contributed by atoms with van der Waals surface area (Å²) in [4.78, 5) is 38.4. The van der Waals surface area contributed by atoms with Gasteiger partial charge in [-0.05, 0) is 59.2 Å². The molecule has 0 radical (unpaired) electrons. The molecule has 2 aliphatic heterocycles. The number of β-lactam (4-membered cyclic amide) rings is 1. The molecule has 0 saturated carbocycles. The highest BCUT2D eigenvalue weighted by Crippen LogP contribution is 2.45. The molecule has 0 aromatic heterocycles. The number of aliphatic carboxylic acids is 1. The molecule has 0 aliphatic carbocycles. The molecule has 1 amide bonds.